The van der Waals surface area contributed by atoms with Crippen LogP contribution in [0.5, 0.6) is 11.5 Å². The highest BCUT2D eigenvalue weighted by Crippen LogP contribution is 2.39. The molecule has 0 unspecified atom stereocenters. The molecule has 0 spiro atoms. The van der Waals surface area contributed by atoms with Gasteiger partial charge >= 0.3 is 5.97 Å². The van der Waals surface area contributed by atoms with Crippen LogP contribution in [0.25, 0.3) is 0 Å². The molecule has 0 N–H and O–H groups in total. The minimum Gasteiger partial charge on any atom is -0.493 e. The third-order valence-electron chi connectivity index (χ3n) is 5.38. The number of rotatable bonds is 7. The van der Waals surface area contributed by atoms with Crippen molar-refractivity contribution in [2.24, 2.45) is 0 Å². The summed E-state index contributed by atoms with van der Waals surface area (Å²) < 4.78 is 39.0. The van der Waals surface area contributed by atoms with E-state index in [0.717, 1.165) is 5.56 Å². The lowest BCUT2D eigenvalue weighted by molar-refractivity contribution is -0.134. The molecule has 1 fully saturated rings. The van der Waals surface area contributed by atoms with Gasteiger partial charge < -0.3 is 14.4 Å². The lowest BCUT2D eigenvalue weighted by Crippen LogP contribution is -2.37. The molecule has 172 valence electrons. The van der Waals surface area contributed by atoms with Gasteiger partial charge in [-0.2, -0.15) is 4.31 Å². The number of carbonyl (C=O) groups is 2. The van der Waals surface area contributed by atoms with Gasteiger partial charge in [0, 0.05) is 25.9 Å². The van der Waals surface area contributed by atoms with E-state index in [2.05, 4.69) is 0 Å². The highest BCUT2D eigenvalue weighted by Gasteiger charge is 2.43. The fraction of sp³-hybridized carbons (Fsp3) is 0.391. The van der Waals surface area contributed by atoms with Crippen molar-refractivity contribution >= 4 is 21.9 Å². The van der Waals surface area contributed by atoms with Crippen LogP contribution in [0.3, 0.4) is 0 Å². The SMILES string of the molecule is CCC(=O)Oc1ccc([C@@H]2N(C(=O)CC)CCN2S(=O)(=O)c2ccc(C)cc2)cc1OC. The highest BCUT2D eigenvalue weighted by atomic mass is 32.2. The summed E-state index contributed by atoms with van der Waals surface area (Å²) in [6.45, 7) is 5.75. The smallest absolute Gasteiger partial charge is 0.311 e. The van der Waals surface area contributed by atoms with Crippen molar-refractivity contribution in [2.75, 3.05) is 20.2 Å². The average Bonchev–Trinajstić information content (AvgIpc) is 3.25. The number of hydrogen-bond donors (Lipinski definition) is 0. The van der Waals surface area contributed by atoms with E-state index in [9.17, 15) is 18.0 Å². The van der Waals surface area contributed by atoms with E-state index in [-0.39, 0.29) is 48.2 Å². The molecule has 0 bridgehead atoms. The normalized spacial score (nSPS) is 16.8. The van der Waals surface area contributed by atoms with Crippen molar-refractivity contribution < 1.29 is 27.5 Å². The van der Waals surface area contributed by atoms with Gasteiger partial charge in [0.2, 0.25) is 15.9 Å². The van der Waals surface area contributed by atoms with Crippen LogP contribution in [0.2, 0.25) is 0 Å². The second-order valence-electron chi connectivity index (χ2n) is 7.48. The topological polar surface area (TPSA) is 93.2 Å². The van der Waals surface area contributed by atoms with Gasteiger partial charge in [-0.3, -0.25) is 9.59 Å². The molecule has 2 aromatic rings. The number of amides is 1. The molecule has 1 atom stereocenters. The van der Waals surface area contributed by atoms with Gasteiger partial charge in [-0.15, -0.1) is 0 Å². The van der Waals surface area contributed by atoms with Crippen molar-refractivity contribution in [3.8, 4) is 11.5 Å². The number of nitrogens with zero attached hydrogens (tertiary/aromatic N) is 2. The fourth-order valence-electron chi connectivity index (χ4n) is 3.64. The van der Waals surface area contributed by atoms with Crippen molar-refractivity contribution in [3.05, 3.63) is 53.6 Å². The molecule has 0 aliphatic carbocycles. The summed E-state index contributed by atoms with van der Waals surface area (Å²) >= 11 is 0. The molecule has 1 heterocycles. The summed E-state index contributed by atoms with van der Waals surface area (Å²) in [6, 6.07) is 11.5. The van der Waals surface area contributed by atoms with Crippen LogP contribution in [0, 0.1) is 6.92 Å². The quantitative estimate of drug-likeness (QED) is 0.465. The van der Waals surface area contributed by atoms with Gasteiger partial charge in [-0.1, -0.05) is 37.6 Å². The molecular weight excluding hydrogens is 432 g/mol. The lowest BCUT2D eigenvalue weighted by Gasteiger charge is -2.30. The van der Waals surface area contributed by atoms with Crippen molar-refractivity contribution in [1.29, 1.82) is 0 Å². The molecule has 0 radical (unpaired) electrons. The summed E-state index contributed by atoms with van der Waals surface area (Å²) in [7, 11) is -2.43. The van der Waals surface area contributed by atoms with Gasteiger partial charge in [0.25, 0.3) is 0 Å². The van der Waals surface area contributed by atoms with Crippen LogP contribution >= 0.6 is 0 Å². The van der Waals surface area contributed by atoms with Gasteiger partial charge in [-0.25, -0.2) is 8.42 Å². The third kappa shape index (κ3) is 4.63. The molecule has 1 saturated heterocycles. The zero-order valence-corrected chi connectivity index (χ0v) is 19.5. The number of hydrogen-bond acceptors (Lipinski definition) is 6. The van der Waals surface area contributed by atoms with Gasteiger partial charge in [0.1, 0.15) is 6.17 Å². The average molecular weight is 461 g/mol. The van der Waals surface area contributed by atoms with Crippen LogP contribution in [0.1, 0.15) is 44.0 Å². The van der Waals surface area contributed by atoms with E-state index in [1.807, 2.05) is 6.92 Å². The maximum absolute atomic E-state index is 13.5. The van der Waals surface area contributed by atoms with E-state index in [0.29, 0.717) is 5.56 Å². The molecule has 1 aliphatic rings. The first-order valence-electron chi connectivity index (χ1n) is 10.5. The van der Waals surface area contributed by atoms with Crippen LogP contribution in [-0.2, 0) is 19.6 Å². The molecule has 0 aromatic heterocycles. The molecule has 9 heteroatoms. The van der Waals surface area contributed by atoms with Crippen molar-refractivity contribution in [2.45, 2.75) is 44.7 Å². The largest absolute Gasteiger partial charge is 0.493 e. The maximum Gasteiger partial charge on any atom is 0.311 e. The molecule has 1 aliphatic heterocycles. The van der Waals surface area contributed by atoms with E-state index < -0.39 is 22.2 Å². The first-order valence-corrected chi connectivity index (χ1v) is 11.9. The number of methoxy groups -OCH3 is 1. The summed E-state index contributed by atoms with van der Waals surface area (Å²) in [6.07, 6.45) is -0.383. The van der Waals surface area contributed by atoms with Gasteiger partial charge in [0.05, 0.1) is 12.0 Å². The Morgan fingerprint density at radius 3 is 2.28 bits per heavy atom. The summed E-state index contributed by atoms with van der Waals surface area (Å²) in [5.41, 5.74) is 1.50. The summed E-state index contributed by atoms with van der Waals surface area (Å²) in [5.74, 6) is -0.0458. The first kappa shape index (κ1) is 23.7. The first-order chi connectivity index (χ1) is 15.2. The van der Waals surface area contributed by atoms with E-state index >= 15 is 0 Å². The number of ether oxygens (including phenoxy) is 2. The number of benzene rings is 2. The van der Waals surface area contributed by atoms with Crippen molar-refractivity contribution in [3.63, 3.8) is 0 Å². The number of aryl methyl sites for hydroxylation is 1. The molecule has 0 saturated carbocycles. The molecule has 8 nitrogen and oxygen atoms in total. The van der Waals surface area contributed by atoms with Crippen LogP contribution in [-0.4, -0.2) is 49.7 Å². The molecule has 3 rings (SSSR count). The summed E-state index contributed by atoms with van der Waals surface area (Å²) in [4.78, 5) is 26.1. The Morgan fingerprint density at radius 2 is 1.69 bits per heavy atom. The maximum atomic E-state index is 13.5. The van der Waals surface area contributed by atoms with E-state index in [1.165, 1.54) is 11.4 Å². The molecule has 1 amide bonds. The second kappa shape index (κ2) is 9.70. The minimum atomic E-state index is -3.87. The Hall–Kier alpha value is -2.91. The summed E-state index contributed by atoms with van der Waals surface area (Å²) in [5, 5.41) is 0. The molecular formula is C23H28N2O6S. The van der Waals surface area contributed by atoms with E-state index in [1.54, 1.807) is 61.2 Å². The van der Waals surface area contributed by atoms with Crippen molar-refractivity contribution in [1.82, 2.24) is 9.21 Å². The van der Waals surface area contributed by atoms with Crippen LogP contribution in [0.4, 0.5) is 0 Å². The number of carbonyl (C=O) groups excluding carboxylic acids is 2. The fourth-order valence-corrected chi connectivity index (χ4v) is 5.21. The van der Waals surface area contributed by atoms with Crippen LogP contribution < -0.4 is 9.47 Å². The second-order valence-corrected chi connectivity index (χ2v) is 9.37. The Morgan fingerprint density at radius 1 is 1.00 bits per heavy atom. The van der Waals surface area contributed by atoms with E-state index in [4.69, 9.17) is 9.47 Å². The van der Waals surface area contributed by atoms with Crippen LogP contribution in [0.15, 0.2) is 47.4 Å². The lowest BCUT2D eigenvalue weighted by atomic mass is 10.1. The monoisotopic (exact) mass is 460 g/mol. The molecule has 32 heavy (non-hydrogen) atoms. The Bertz CT molecular complexity index is 1100. The zero-order valence-electron chi connectivity index (χ0n) is 18.7. The Kier molecular flexibility index (Phi) is 7.20. The predicted octanol–water partition coefficient (Wildman–Crippen LogP) is 3.26. The Balaban J connectivity index is 2.06. The number of esters is 1. The highest BCUT2D eigenvalue weighted by molar-refractivity contribution is 7.89. The Labute approximate surface area is 188 Å². The number of sulfonamides is 1. The van der Waals surface area contributed by atoms with Gasteiger partial charge in [0.15, 0.2) is 11.5 Å². The third-order valence-corrected chi connectivity index (χ3v) is 7.25. The molecule has 2 aromatic carbocycles. The standard InChI is InChI=1S/C23H28N2O6S/c1-5-21(26)24-13-14-25(32(28,29)18-10-7-16(3)8-11-18)23(24)17-9-12-19(20(15-17)30-4)31-22(27)6-2/h7-12,15,23H,5-6,13-14H2,1-4H3/t23-/m1/s1. The van der Waals surface area contributed by atoms with Gasteiger partial charge in [-0.05, 0) is 36.8 Å². The zero-order chi connectivity index (χ0) is 23.5. The minimum absolute atomic E-state index is 0.155. The predicted molar refractivity (Wildman–Crippen MR) is 119 cm³/mol.